The van der Waals surface area contributed by atoms with E-state index in [1.807, 2.05) is 49.6 Å². The molecule has 0 aliphatic heterocycles. The Morgan fingerprint density at radius 3 is 2.79 bits per heavy atom. The molecule has 1 saturated carbocycles. The zero-order valence-electron chi connectivity index (χ0n) is 18.8. The van der Waals surface area contributed by atoms with Crippen LogP contribution in [0.5, 0.6) is 0 Å². The minimum Gasteiger partial charge on any atom is -0.298 e. The van der Waals surface area contributed by atoms with Crippen LogP contribution < -0.4 is 0 Å². The third kappa shape index (κ3) is 2.88. The highest BCUT2D eigenvalue weighted by Crippen LogP contribution is 2.56. The first-order valence-corrected chi connectivity index (χ1v) is 11.7. The van der Waals surface area contributed by atoms with Gasteiger partial charge in [-0.3, -0.25) is 14.9 Å². The number of rotatable bonds is 3. The monoisotopic (exact) mass is 448 g/mol. The van der Waals surface area contributed by atoms with E-state index < -0.39 is 11.3 Å². The number of aromatic amines is 1. The van der Waals surface area contributed by atoms with Crippen LogP contribution in [0.4, 0.5) is 0 Å². The number of nitrogens with one attached hydrogen (secondary N) is 1. The van der Waals surface area contributed by atoms with Gasteiger partial charge in [0, 0.05) is 34.9 Å². The third-order valence-corrected chi connectivity index (χ3v) is 7.78. The van der Waals surface area contributed by atoms with Crippen LogP contribution in [0.1, 0.15) is 36.6 Å². The molecule has 0 bridgehead atoms. The van der Waals surface area contributed by atoms with Crippen LogP contribution in [0.2, 0.25) is 0 Å². The SMILES string of the molecule is C[C@@H]1C(=O)C(C#N)C[C@]2(c3ccccc3)c3n[nH]c(-c4cnn(-c5cccnc5)c4)c3CC[C@@H]12. The Bertz CT molecular complexity index is 1400. The lowest BCUT2D eigenvalue weighted by Crippen LogP contribution is -2.52. The minimum absolute atomic E-state index is 0.0658. The van der Waals surface area contributed by atoms with E-state index in [0.717, 1.165) is 46.6 Å². The summed E-state index contributed by atoms with van der Waals surface area (Å²) < 4.78 is 1.81. The number of H-pyrrole nitrogens is 1. The highest BCUT2D eigenvalue weighted by Gasteiger charge is 2.57. The topological polar surface area (TPSA) is 100 Å². The molecule has 0 amide bonds. The lowest BCUT2D eigenvalue weighted by Gasteiger charge is -2.50. The van der Waals surface area contributed by atoms with Gasteiger partial charge in [-0.25, -0.2) is 4.68 Å². The van der Waals surface area contributed by atoms with Gasteiger partial charge in [0.25, 0.3) is 0 Å². The molecule has 7 heteroatoms. The van der Waals surface area contributed by atoms with Crippen LogP contribution in [0, 0.1) is 29.1 Å². The first kappa shape index (κ1) is 20.5. The minimum atomic E-state index is -0.633. The normalized spacial score (nSPS) is 25.9. The first-order valence-electron chi connectivity index (χ1n) is 11.7. The van der Waals surface area contributed by atoms with E-state index in [2.05, 4.69) is 33.4 Å². The van der Waals surface area contributed by atoms with Crippen molar-refractivity contribution in [3.63, 3.8) is 0 Å². The summed E-state index contributed by atoms with van der Waals surface area (Å²) in [5.74, 6) is -0.657. The Labute approximate surface area is 197 Å². The molecule has 0 radical (unpaired) electrons. The molecule has 0 spiro atoms. The number of fused-ring (bicyclic) bond motifs is 3. The van der Waals surface area contributed by atoms with E-state index in [1.54, 1.807) is 17.1 Å². The number of ketones is 1. The summed E-state index contributed by atoms with van der Waals surface area (Å²) in [6, 6.07) is 16.4. The zero-order chi connectivity index (χ0) is 23.3. The quantitative estimate of drug-likeness (QED) is 0.505. The second-order valence-electron chi connectivity index (χ2n) is 9.37. The van der Waals surface area contributed by atoms with Crippen molar-refractivity contribution in [3.8, 4) is 23.0 Å². The summed E-state index contributed by atoms with van der Waals surface area (Å²) in [6.07, 6.45) is 9.50. The van der Waals surface area contributed by atoms with Crippen molar-refractivity contribution >= 4 is 5.78 Å². The highest BCUT2D eigenvalue weighted by molar-refractivity contribution is 5.87. The second-order valence-corrected chi connectivity index (χ2v) is 9.37. The number of Topliss-reactive ketones (excluding diaryl/α,β-unsaturated/α-hetero) is 1. The fraction of sp³-hybridized carbons (Fsp3) is 0.296. The Balaban J connectivity index is 1.51. The van der Waals surface area contributed by atoms with Gasteiger partial charge in [0.15, 0.2) is 5.78 Å². The molecule has 6 rings (SSSR count). The smallest absolute Gasteiger partial charge is 0.153 e. The van der Waals surface area contributed by atoms with Crippen molar-refractivity contribution in [3.05, 3.63) is 84.1 Å². The standard InChI is InChI=1S/C27H24N6O/c1-17-23-10-9-22-24(19-14-30-33(16-19)21-8-5-11-29-15-21)31-32-26(22)27(23,12-18(13-28)25(17)34)20-6-3-2-4-7-20/h2-8,11,14-18,23H,9-10,12H2,1H3,(H,31,32)/t17-,18?,23-,27+/m0/s1. The molecule has 3 heterocycles. The molecule has 168 valence electrons. The molecule has 1 N–H and O–H groups in total. The van der Waals surface area contributed by atoms with Crippen molar-refractivity contribution in [1.29, 1.82) is 5.26 Å². The maximum atomic E-state index is 13.0. The Morgan fingerprint density at radius 1 is 1.18 bits per heavy atom. The maximum Gasteiger partial charge on any atom is 0.153 e. The van der Waals surface area contributed by atoms with Crippen LogP contribution in [0.15, 0.2) is 67.3 Å². The van der Waals surface area contributed by atoms with Gasteiger partial charge in [0.1, 0.15) is 5.92 Å². The van der Waals surface area contributed by atoms with Crippen molar-refractivity contribution in [1.82, 2.24) is 25.0 Å². The van der Waals surface area contributed by atoms with Crippen LogP contribution in [-0.4, -0.2) is 30.7 Å². The molecular weight excluding hydrogens is 424 g/mol. The van der Waals surface area contributed by atoms with Gasteiger partial charge in [-0.05, 0) is 42.9 Å². The molecule has 2 aliphatic carbocycles. The molecular formula is C27H24N6O. The average molecular weight is 449 g/mol. The number of nitrogens with zero attached hydrogens (tertiary/aromatic N) is 5. The lowest BCUT2D eigenvalue weighted by atomic mass is 9.51. The largest absolute Gasteiger partial charge is 0.298 e. The van der Waals surface area contributed by atoms with E-state index >= 15 is 0 Å². The molecule has 34 heavy (non-hydrogen) atoms. The Hall–Kier alpha value is -4.05. The summed E-state index contributed by atoms with van der Waals surface area (Å²) in [5.41, 5.74) is 5.58. The van der Waals surface area contributed by atoms with Crippen LogP contribution >= 0.6 is 0 Å². The summed E-state index contributed by atoms with van der Waals surface area (Å²) in [5, 5.41) is 22.6. The highest BCUT2D eigenvalue weighted by atomic mass is 16.1. The van der Waals surface area contributed by atoms with Gasteiger partial charge in [-0.2, -0.15) is 15.5 Å². The number of nitriles is 1. The van der Waals surface area contributed by atoms with Crippen LogP contribution in [0.3, 0.4) is 0 Å². The number of carbonyl (C=O) groups excluding carboxylic acids is 1. The molecule has 1 fully saturated rings. The molecule has 1 unspecified atom stereocenters. The van der Waals surface area contributed by atoms with Gasteiger partial charge >= 0.3 is 0 Å². The van der Waals surface area contributed by atoms with E-state index in [-0.39, 0.29) is 17.6 Å². The predicted molar refractivity (Wildman–Crippen MR) is 126 cm³/mol. The second kappa shape index (κ2) is 7.77. The van der Waals surface area contributed by atoms with E-state index in [0.29, 0.717) is 6.42 Å². The van der Waals surface area contributed by atoms with Crippen molar-refractivity contribution in [2.45, 2.75) is 31.6 Å². The van der Waals surface area contributed by atoms with Gasteiger partial charge < -0.3 is 0 Å². The van der Waals surface area contributed by atoms with E-state index in [9.17, 15) is 10.1 Å². The lowest BCUT2D eigenvalue weighted by molar-refractivity contribution is -0.131. The van der Waals surface area contributed by atoms with Gasteiger partial charge in [-0.15, -0.1) is 0 Å². The first-order chi connectivity index (χ1) is 16.6. The third-order valence-electron chi connectivity index (χ3n) is 7.78. The van der Waals surface area contributed by atoms with Crippen molar-refractivity contribution in [2.24, 2.45) is 17.8 Å². The number of carbonyl (C=O) groups is 1. The fourth-order valence-electron chi connectivity index (χ4n) is 6.20. The molecule has 4 atom stereocenters. The Kier molecular flexibility index (Phi) is 4.70. The maximum absolute atomic E-state index is 13.0. The van der Waals surface area contributed by atoms with Crippen molar-refractivity contribution < 1.29 is 4.79 Å². The molecule has 7 nitrogen and oxygen atoms in total. The molecule has 2 aliphatic rings. The summed E-state index contributed by atoms with van der Waals surface area (Å²) in [7, 11) is 0. The number of pyridine rings is 1. The van der Waals surface area contributed by atoms with E-state index in [1.165, 1.54) is 0 Å². The molecule has 4 aromatic rings. The van der Waals surface area contributed by atoms with Gasteiger partial charge in [0.2, 0.25) is 0 Å². The number of aromatic nitrogens is 5. The van der Waals surface area contributed by atoms with Gasteiger partial charge in [0.05, 0.1) is 35.5 Å². The molecule has 3 aromatic heterocycles. The van der Waals surface area contributed by atoms with Crippen LogP contribution in [0.25, 0.3) is 16.9 Å². The Morgan fingerprint density at radius 2 is 2.03 bits per heavy atom. The van der Waals surface area contributed by atoms with Gasteiger partial charge in [-0.1, -0.05) is 37.3 Å². The number of benzene rings is 1. The summed E-state index contributed by atoms with van der Waals surface area (Å²) in [6.45, 7) is 1.99. The summed E-state index contributed by atoms with van der Waals surface area (Å²) >= 11 is 0. The predicted octanol–water partition coefficient (Wildman–Crippen LogP) is 4.25. The fourth-order valence-corrected chi connectivity index (χ4v) is 6.20. The average Bonchev–Trinajstić information content (AvgIpc) is 3.55. The molecule has 1 aromatic carbocycles. The number of hydrogen-bond acceptors (Lipinski definition) is 5. The molecule has 0 saturated heterocycles. The number of hydrogen-bond donors (Lipinski definition) is 1. The zero-order valence-corrected chi connectivity index (χ0v) is 18.8. The van der Waals surface area contributed by atoms with E-state index in [4.69, 9.17) is 5.10 Å². The van der Waals surface area contributed by atoms with Crippen LogP contribution in [-0.2, 0) is 16.6 Å². The van der Waals surface area contributed by atoms with Crippen molar-refractivity contribution in [2.75, 3.05) is 0 Å². The summed E-state index contributed by atoms with van der Waals surface area (Å²) in [4.78, 5) is 17.2.